The van der Waals surface area contributed by atoms with E-state index in [0.29, 0.717) is 12.1 Å². The van der Waals surface area contributed by atoms with Crippen LogP contribution in [0.3, 0.4) is 0 Å². The van der Waals surface area contributed by atoms with Gasteiger partial charge in [-0.15, -0.1) is 0 Å². The molecular weight excluding hydrogens is 469 g/mol. The van der Waals surface area contributed by atoms with E-state index in [9.17, 15) is 17.6 Å². The zero-order chi connectivity index (χ0) is 23.8. The normalized spacial score (nSPS) is 10.8. The fourth-order valence-corrected chi connectivity index (χ4v) is 3.91. The Labute approximate surface area is 195 Å². The predicted octanol–water partition coefficient (Wildman–Crippen LogP) is 2.87. The molecule has 0 fully saturated rings. The molecule has 2 aromatic carbocycles. The highest BCUT2D eigenvalue weighted by Gasteiger charge is 2.16. The first-order valence-electron chi connectivity index (χ1n) is 9.59. The maximum atomic E-state index is 12.9. The van der Waals surface area contributed by atoms with Gasteiger partial charge in [-0.1, -0.05) is 12.1 Å². The van der Waals surface area contributed by atoms with Crippen LogP contribution >= 0.6 is 12.2 Å². The molecule has 0 aliphatic rings. The van der Waals surface area contributed by atoms with Crippen LogP contribution in [0.25, 0.3) is 0 Å². The van der Waals surface area contributed by atoms with E-state index in [4.69, 9.17) is 17.0 Å². The van der Waals surface area contributed by atoms with E-state index >= 15 is 0 Å². The summed E-state index contributed by atoms with van der Waals surface area (Å²) in [7, 11) is -2.48. The number of thiocarbonyl (C=S) groups is 1. The molecule has 0 atom stereocenters. The Kier molecular flexibility index (Phi) is 7.85. The van der Waals surface area contributed by atoms with Gasteiger partial charge >= 0.3 is 0 Å². The zero-order valence-electron chi connectivity index (χ0n) is 17.4. The summed E-state index contributed by atoms with van der Waals surface area (Å²) < 4.78 is 45.3. The maximum Gasteiger partial charge on any atom is 0.263 e. The van der Waals surface area contributed by atoms with Gasteiger partial charge in [-0.05, 0) is 60.6 Å². The van der Waals surface area contributed by atoms with Crippen molar-refractivity contribution in [2.45, 2.75) is 17.7 Å². The first kappa shape index (κ1) is 24.0. The van der Waals surface area contributed by atoms with Crippen LogP contribution in [0.4, 0.5) is 15.9 Å². The van der Waals surface area contributed by atoms with Crippen molar-refractivity contribution in [1.82, 2.24) is 15.3 Å². The molecule has 1 heterocycles. The van der Waals surface area contributed by atoms with Crippen molar-refractivity contribution >= 4 is 44.8 Å². The maximum absolute atomic E-state index is 12.9. The average molecular weight is 490 g/mol. The number of amides is 1. The summed E-state index contributed by atoms with van der Waals surface area (Å²) in [6, 6.07) is 13.0. The van der Waals surface area contributed by atoms with Crippen molar-refractivity contribution in [3.8, 4) is 5.88 Å². The third-order valence-corrected chi connectivity index (χ3v) is 5.89. The number of aryl methyl sites for hydroxylation is 1. The third kappa shape index (κ3) is 7.19. The van der Waals surface area contributed by atoms with E-state index < -0.39 is 10.0 Å². The van der Waals surface area contributed by atoms with Gasteiger partial charge in [0.05, 0.1) is 12.0 Å². The summed E-state index contributed by atoms with van der Waals surface area (Å²) in [5.41, 5.74) is 1.32. The molecule has 12 heteroatoms. The van der Waals surface area contributed by atoms with Gasteiger partial charge in [0.15, 0.2) is 5.11 Å². The molecule has 0 unspecified atom stereocenters. The van der Waals surface area contributed by atoms with Crippen LogP contribution in [0.2, 0.25) is 0 Å². The van der Waals surface area contributed by atoms with Crippen LogP contribution in [-0.2, 0) is 21.2 Å². The largest absolute Gasteiger partial charge is 0.481 e. The molecule has 1 aromatic heterocycles. The number of methoxy groups -OCH3 is 1. The Hall–Kier alpha value is -3.64. The van der Waals surface area contributed by atoms with E-state index in [2.05, 4.69) is 25.3 Å². The second kappa shape index (κ2) is 10.8. The minimum atomic E-state index is -3.89. The zero-order valence-corrected chi connectivity index (χ0v) is 19.0. The summed E-state index contributed by atoms with van der Waals surface area (Å²) in [4.78, 5) is 19.7. The van der Waals surface area contributed by atoms with Crippen molar-refractivity contribution in [1.29, 1.82) is 0 Å². The Bertz CT molecular complexity index is 1240. The third-order valence-electron chi connectivity index (χ3n) is 4.32. The molecule has 0 saturated carbocycles. The van der Waals surface area contributed by atoms with Crippen LogP contribution in [0.1, 0.15) is 12.0 Å². The standard InChI is InChI=1S/C21H20FN5O4S2/c1-31-20-12-18(23-13-24-20)27-33(29,30)17-9-7-16(8-10-17)25-21(32)26-19(28)11-4-14-2-5-15(22)6-3-14/h2-3,5-10,12-13H,4,11H2,1H3,(H,23,24,27)(H2,25,26,28,32). The number of hydrogen-bond acceptors (Lipinski definition) is 7. The second-order valence-corrected chi connectivity index (χ2v) is 8.79. The van der Waals surface area contributed by atoms with Gasteiger partial charge < -0.3 is 15.4 Å². The Morgan fingerprint density at radius 2 is 1.79 bits per heavy atom. The Balaban J connectivity index is 1.53. The van der Waals surface area contributed by atoms with Gasteiger partial charge in [0.1, 0.15) is 18.0 Å². The summed E-state index contributed by atoms with van der Waals surface area (Å²) >= 11 is 5.13. The lowest BCUT2D eigenvalue weighted by atomic mass is 10.1. The van der Waals surface area contributed by atoms with Crippen molar-refractivity contribution in [3.05, 3.63) is 72.3 Å². The quantitative estimate of drug-likeness (QED) is 0.413. The van der Waals surface area contributed by atoms with Gasteiger partial charge in [-0.3, -0.25) is 9.52 Å². The molecule has 0 radical (unpaired) electrons. The van der Waals surface area contributed by atoms with Gasteiger partial charge in [-0.25, -0.2) is 22.8 Å². The molecule has 172 valence electrons. The molecule has 3 N–H and O–H groups in total. The van der Waals surface area contributed by atoms with E-state index in [1.165, 1.54) is 55.9 Å². The van der Waals surface area contributed by atoms with Gasteiger partial charge in [0, 0.05) is 18.2 Å². The molecular formula is C21H20FN5O4S2. The fraction of sp³-hybridized carbons (Fsp3) is 0.143. The van der Waals surface area contributed by atoms with Crippen molar-refractivity contribution in [3.63, 3.8) is 0 Å². The van der Waals surface area contributed by atoms with Gasteiger partial charge in [0.2, 0.25) is 11.8 Å². The lowest BCUT2D eigenvalue weighted by Gasteiger charge is -2.11. The van der Waals surface area contributed by atoms with Crippen LogP contribution < -0.4 is 20.1 Å². The lowest BCUT2D eigenvalue weighted by molar-refractivity contribution is -0.119. The number of carbonyl (C=O) groups is 1. The van der Waals surface area contributed by atoms with E-state index in [1.807, 2.05) is 0 Å². The second-order valence-electron chi connectivity index (χ2n) is 6.70. The molecule has 3 rings (SSSR count). The first-order chi connectivity index (χ1) is 15.7. The first-order valence-corrected chi connectivity index (χ1v) is 11.5. The van der Waals surface area contributed by atoms with Crippen LogP contribution in [0.5, 0.6) is 5.88 Å². The molecule has 0 bridgehead atoms. The van der Waals surface area contributed by atoms with Gasteiger partial charge in [-0.2, -0.15) is 0 Å². The summed E-state index contributed by atoms with van der Waals surface area (Å²) in [6.45, 7) is 0. The Morgan fingerprint density at radius 1 is 1.09 bits per heavy atom. The minimum absolute atomic E-state index is 0.000110. The number of ether oxygens (including phenoxy) is 1. The number of nitrogens with one attached hydrogen (secondary N) is 3. The number of rotatable bonds is 8. The number of carbonyl (C=O) groups excluding carboxylic acids is 1. The highest BCUT2D eigenvalue weighted by molar-refractivity contribution is 7.92. The van der Waals surface area contributed by atoms with Crippen LogP contribution in [-0.4, -0.2) is 36.5 Å². The SMILES string of the molecule is COc1cc(NS(=O)(=O)c2ccc(NC(=S)NC(=O)CCc3ccc(F)cc3)cc2)ncn1. The van der Waals surface area contributed by atoms with E-state index in [-0.39, 0.29) is 39.9 Å². The smallest absolute Gasteiger partial charge is 0.263 e. The number of sulfonamides is 1. The van der Waals surface area contributed by atoms with Crippen LogP contribution in [0.15, 0.2) is 65.8 Å². The number of aromatic nitrogens is 2. The number of halogens is 1. The summed E-state index contributed by atoms with van der Waals surface area (Å²) in [5.74, 6) is -0.359. The number of nitrogens with zero attached hydrogens (tertiary/aromatic N) is 2. The number of anilines is 2. The molecule has 33 heavy (non-hydrogen) atoms. The van der Waals surface area contributed by atoms with Crippen LogP contribution in [0, 0.1) is 5.82 Å². The molecule has 3 aromatic rings. The van der Waals surface area contributed by atoms with Crippen molar-refractivity contribution in [2.24, 2.45) is 0 Å². The fourth-order valence-electron chi connectivity index (χ4n) is 2.68. The summed E-state index contributed by atoms with van der Waals surface area (Å²) in [6.07, 6.45) is 1.79. The molecule has 0 aliphatic carbocycles. The number of hydrogen-bond donors (Lipinski definition) is 3. The van der Waals surface area contributed by atoms with Crippen molar-refractivity contribution < 1.29 is 22.3 Å². The van der Waals surface area contributed by atoms with E-state index in [0.717, 1.165) is 5.56 Å². The molecule has 0 aliphatic heterocycles. The highest BCUT2D eigenvalue weighted by atomic mass is 32.2. The highest BCUT2D eigenvalue weighted by Crippen LogP contribution is 2.18. The topological polar surface area (TPSA) is 122 Å². The summed E-state index contributed by atoms with van der Waals surface area (Å²) in [5, 5.41) is 5.44. The lowest BCUT2D eigenvalue weighted by Crippen LogP contribution is -2.34. The molecule has 0 saturated heterocycles. The average Bonchev–Trinajstić information content (AvgIpc) is 2.79. The Morgan fingerprint density at radius 3 is 2.45 bits per heavy atom. The monoisotopic (exact) mass is 489 g/mol. The number of benzene rings is 2. The minimum Gasteiger partial charge on any atom is -0.481 e. The van der Waals surface area contributed by atoms with Gasteiger partial charge in [0.25, 0.3) is 10.0 Å². The predicted molar refractivity (Wildman–Crippen MR) is 125 cm³/mol. The molecule has 0 spiro atoms. The molecule has 9 nitrogen and oxygen atoms in total. The van der Waals surface area contributed by atoms with E-state index in [1.54, 1.807) is 12.1 Å². The van der Waals surface area contributed by atoms with Crippen molar-refractivity contribution in [2.75, 3.05) is 17.1 Å². The molecule has 1 amide bonds.